The summed E-state index contributed by atoms with van der Waals surface area (Å²) in [5.74, 6) is 1.77. The average Bonchev–Trinajstić information content (AvgIpc) is 2.16. The lowest BCUT2D eigenvalue weighted by atomic mass is 10.2. The fraction of sp³-hybridized carbons (Fsp3) is 0.636. The SMILES string of the molecule is CC(C)(C)SCc1ncc(CCN)cn1. The van der Waals surface area contributed by atoms with Crippen LogP contribution < -0.4 is 5.73 Å². The van der Waals surface area contributed by atoms with Crippen LogP contribution in [0.2, 0.25) is 0 Å². The molecule has 1 aromatic heterocycles. The highest BCUT2D eigenvalue weighted by Gasteiger charge is 2.11. The first-order chi connectivity index (χ1) is 7.01. The first-order valence-electron chi connectivity index (χ1n) is 5.15. The van der Waals surface area contributed by atoms with Crippen molar-refractivity contribution in [1.82, 2.24) is 9.97 Å². The fourth-order valence-electron chi connectivity index (χ4n) is 1.03. The van der Waals surface area contributed by atoms with E-state index in [1.807, 2.05) is 24.2 Å². The van der Waals surface area contributed by atoms with E-state index in [0.717, 1.165) is 23.6 Å². The number of nitrogens with zero attached hydrogens (tertiary/aromatic N) is 2. The third-order valence-corrected chi connectivity index (χ3v) is 3.09. The molecule has 84 valence electrons. The Bertz CT molecular complexity index is 290. The fourth-order valence-corrected chi connectivity index (χ4v) is 1.74. The van der Waals surface area contributed by atoms with E-state index in [1.165, 1.54) is 0 Å². The lowest BCUT2D eigenvalue weighted by Gasteiger charge is -2.16. The molecule has 4 heteroatoms. The third kappa shape index (κ3) is 5.14. The molecule has 0 aliphatic heterocycles. The van der Waals surface area contributed by atoms with Gasteiger partial charge in [0.25, 0.3) is 0 Å². The first kappa shape index (κ1) is 12.5. The van der Waals surface area contributed by atoms with Gasteiger partial charge in [-0.3, -0.25) is 0 Å². The summed E-state index contributed by atoms with van der Waals surface area (Å²) in [5, 5.41) is 0. The zero-order valence-electron chi connectivity index (χ0n) is 9.66. The average molecular weight is 225 g/mol. The van der Waals surface area contributed by atoms with Crippen LogP contribution in [0, 0.1) is 0 Å². The molecule has 3 nitrogen and oxygen atoms in total. The second kappa shape index (κ2) is 5.47. The van der Waals surface area contributed by atoms with Crippen molar-refractivity contribution in [2.24, 2.45) is 5.73 Å². The molecule has 0 unspecified atom stereocenters. The molecule has 0 saturated carbocycles. The van der Waals surface area contributed by atoms with Gasteiger partial charge in [-0.15, -0.1) is 11.8 Å². The summed E-state index contributed by atoms with van der Waals surface area (Å²) in [6.07, 6.45) is 4.60. The van der Waals surface area contributed by atoms with Crippen LogP contribution in [0.25, 0.3) is 0 Å². The molecular formula is C11H19N3S. The Morgan fingerprint density at radius 1 is 1.27 bits per heavy atom. The second-order valence-corrected chi connectivity index (χ2v) is 6.25. The predicted octanol–water partition coefficient (Wildman–Crippen LogP) is 2.01. The molecule has 0 amide bonds. The highest BCUT2D eigenvalue weighted by atomic mass is 32.2. The lowest BCUT2D eigenvalue weighted by Crippen LogP contribution is -2.09. The smallest absolute Gasteiger partial charge is 0.138 e. The minimum atomic E-state index is 0.263. The molecule has 1 rings (SSSR count). The van der Waals surface area contributed by atoms with Gasteiger partial charge in [0, 0.05) is 17.1 Å². The zero-order chi connectivity index (χ0) is 11.3. The first-order valence-corrected chi connectivity index (χ1v) is 6.13. The van der Waals surface area contributed by atoms with Crippen LogP contribution in [0.5, 0.6) is 0 Å². The van der Waals surface area contributed by atoms with Gasteiger partial charge in [-0.1, -0.05) is 20.8 Å². The Kier molecular flexibility index (Phi) is 4.54. The van der Waals surface area contributed by atoms with Crippen molar-refractivity contribution in [1.29, 1.82) is 0 Å². The third-order valence-electron chi connectivity index (χ3n) is 1.83. The quantitative estimate of drug-likeness (QED) is 0.851. The maximum atomic E-state index is 5.45. The Hall–Kier alpha value is -0.610. The van der Waals surface area contributed by atoms with Crippen LogP contribution in [0.1, 0.15) is 32.2 Å². The Balaban J connectivity index is 2.50. The van der Waals surface area contributed by atoms with Gasteiger partial charge >= 0.3 is 0 Å². The molecule has 0 saturated heterocycles. The van der Waals surface area contributed by atoms with Gasteiger partial charge in [0.1, 0.15) is 5.82 Å². The van der Waals surface area contributed by atoms with E-state index in [0.29, 0.717) is 6.54 Å². The topological polar surface area (TPSA) is 51.8 Å². The van der Waals surface area contributed by atoms with Crippen LogP contribution in [0.4, 0.5) is 0 Å². The summed E-state index contributed by atoms with van der Waals surface area (Å²) < 4.78 is 0.263. The van der Waals surface area contributed by atoms with E-state index in [4.69, 9.17) is 5.73 Å². The van der Waals surface area contributed by atoms with Gasteiger partial charge in [0.15, 0.2) is 0 Å². The second-order valence-electron chi connectivity index (χ2n) is 4.45. The number of thioether (sulfide) groups is 1. The van der Waals surface area contributed by atoms with Crippen LogP contribution >= 0.6 is 11.8 Å². The Morgan fingerprint density at radius 3 is 2.33 bits per heavy atom. The van der Waals surface area contributed by atoms with Gasteiger partial charge < -0.3 is 5.73 Å². The standard InChI is InChI=1S/C11H19N3S/c1-11(2,3)15-8-10-13-6-9(4-5-12)7-14-10/h6-7H,4-5,8,12H2,1-3H3. The van der Waals surface area contributed by atoms with Crippen molar-refractivity contribution < 1.29 is 0 Å². The van der Waals surface area contributed by atoms with E-state index in [-0.39, 0.29) is 4.75 Å². The highest BCUT2D eigenvalue weighted by molar-refractivity contribution is 7.99. The van der Waals surface area contributed by atoms with Crippen LogP contribution in [-0.4, -0.2) is 21.3 Å². The van der Waals surface area contributed by atoms with Crippen molar-refractivity contribution in [3.8, 4) is 0 Å². The van der Waals surface area contributed by atoms with Crippen molar-refractivity contribution in [3.63, 3.8) is 0 Å². The molecule has 0 aromatic carbocycles. The van der Waals surface area contributed by atoms with Gasteiger partial charge in [0.05, 0.1) is 5.75 Å². The molecule has 1 aromatic rings. The summed E-state index contributed by atoms with van der Waals surface area (Å²) >= 11 is 1.86. The summed E-state index contributed by atoms with van der Waals surface area (Å²) in [6, 6.07) is 0. The summed E-state index contributed by atoms with van der Waals surface area (Å²) in [5.41, 5.74) is 6.57. The summed E-state index contributed by atoms with van der Waals surface area (Å²) in [4.78, 5) is 8.63. The van der Waals surface area contributed by atoms with Crippen molar-refractivity contribution in [2.75, 3.05) is 6.54 Å². The predicted molar refractivity (Wildman–Crippen MR) is 65.8 cm³/mol. The monoisotopic (exact) mass is 225 g/mol. The molecule has 0 spiro atoms. The van der Waals surface area contributed by atoms with Gasteiger partial charge in [-0.2, -0.15) is 0 Å². The molecule has 0 aliphatic carbocycles. The molecule has 2 N–H and O–H groups in total. The zero-order valence-corrected chi connectivity index (χ0v) is 10.5. The van der Waals surface area contributed by atoms with Crippen LogP contribution in [0.3, 0.4) is 0 Å². The molecule has 0 bridgehead atoms. The molecule has 15 heavy (non-hydrogen) atoms. The normalized spacial score (nSPS) is 11.7. The number of rotatable bonds is 4. The Morgan fingerprint density at radius 2 is 1.87 bits per heavy atom. The molecule has 0 radical (unpaired) electrons. The maximum Gasteiger partial charge on any atom is 0.138 e. The van der Waals surface area contributed by atoms with Gasteiger partial charge in [-0.05, 0) is 18.5 Å². The maximum absolute atomic E-state index is 5.45. The van der Waals surface area contributed by atoms with Crippen LogP contribution in [0.15, 0.2) is 12.4 Å². The van der Waals surface area contributed by atoms with Crippen molar-refractivity contribution in [3.05, 3.63) is 23.8 Å². The summed E-state index contributed by atoms with van der Waals surface area (Å²) in [7, 11) is 0. The number of nitrogens with two attached hydrogens (primary N) is 1. The lowest BCUT2D eigenvalue weighted by molar-refractivity contribution is 0.799. The van der Waals surface area contributed by atoms with Crippen molar-refractivity contribution in [2.45, 2.75) is 37.7 Å². The van der Waals surface area contributed by atoms with E-state index >= 15 is 0 Å². The molecule has 0 atom stereocenters. The largest absolute Gasteiger partial charge is 0.330 e. The Labute approximate surface area is 95.9 Å². The molecule has 0 aliphatic rings. The highest BCUT2D eigenvalue weighted by Crippen LogP contribution is 2.25. The van der Waals surface area contributed by atoms with Gasteiger partial charge in [0.2, 0.25) is 0 Å². The van der Waals surface area contributed by atoms with Gasteiger partial charge in [-0.25, -0.2) is 9.97 Å². The molecule has 1 heterocycles. The summed E-state index contributed by atoms with van der Waals surface area (Å²) in [6.45, 7) is 7.24. The number of hydrogen-bond acceptors (Lipinski definition) is 4. The van der Waals surface area contributed by atoms with Crippen LogP contribution in [-0.2, 0) is 12.2 Å². The molecular weight excluding hydrogens is 206 g/mol. The number of hydrogen-bond donors (Lipinski definition) is 1. The van der Waals surface area contributed by atoms with E-state index in [9.17, 15) is 0 Å². The van der Waals surface area contributed by atoms with Crippen molar-refractivity contribution >= 4 is 11.8 Å². The number of aromatic nitrogens is 2. The minimum absolute atomic E-state index is 0.263. The van der Waals surface area contributed by atoms with E-state index in [1.54, 1.807) is 0 Å². The van der Waals surface area contributed by atoms with E-state index in [2.05, 4.69) is 30.7 Å². The minimum Gasteiger partial charge on any atom is -0.330 e. The van der Waals surface area contributed by atoms with E-state index < -0.39 is 0 Å². The molecule has 0 fully saturated rings.